The number of aromatic nitrogens is 1. The van der Waals surface area contributed by atoms with Gasteiger partial charge in [-0.25, -0.2) is 4.79 Å². The highest BCUT2D eigenvalue weighted by Gasteiger charge is 2.03. The van der Waals surface area contributed by atoms with Gasteiger partial charge in [0.1, 0.15) is 0 Å². The van der Waals surface area contributed by atoms with Crippen molar-refractivity contribution in [1.82, 2.24) is 4.98 Å². The third-order valence-corrected chi connectivity index (χ3v) is 2.15. The molecule has 0 aliphatic rings. The molecule has 0 bridgehead atoms. The number of benzene rings is 1. The maximum Gasteiger partial charge on any atom is 0.323 e. The molecule has 0 atom stereocenters. The van der Waals surface area contributed by atoms with Crippen LogP contribution in [-0.2, 0) is 0 Å². The minimum atomic E-state index is -0.339. The Morgan fingerprint density at radius 2 is 1.76 bits per heavy atom. The van der Waals surface area contributed by atoms with E-state index in [1.165, 1.54) is 0 Å². The average Bonchev–Trinajstić information content (AvgIpc) is 2.33. The van der Waals surface area contributed by atoms with Gasteiger partial charge in [0.15, 0.2) is 0 Å². The Morgan fingerprint density at radius 1 is 1.06 bits per heavy atom. The zero-order valence-electron chi connectivity index (χ0n) is 9.05. The van der Waals surface area contributed by atoms with Crippen LogP contribution in [0.3, 0.4) is 0 Å². The second kappa shape index (κ2) is 4.98. The third-order valence-electron chi connectivity index (χ3n) is 2.15. The van der Waals surface area contributed by atoms with Crippen LogP contribution in [0.5, 0.6) is 0 Å². The Labute approximate surface area is 98.7 Å². The van der Waals surface area contributed by atoms with Crippen molar-refractivity contribution in [2.45, 2.75) is 0 Å². The summed E-state index contributed by atoms with van der Waals surface area (Å²) in [7, 11) is 0. The molecule has 2 rings (SSSR count). The second-order valence-electron chi connectivity index (χ2n) is 3.40. The number of anilines is 3. The van der Waals surface area contributed by atoms with Crippen molar-refractivity contribution in [2.75, 3.05) is 16.4 Å². The molecule has 1 aromatic heterocycles. The molecule has 0 aliphatic heterocycles. The van der Waals surface area contributed by atoms with Crippen LogP contribution in [0, 0.1) is 0 Å². The molecule has 1 aromatic carbocycles. The van der Waals surface area contributed by atoms with Crippen LogP contribution >= 0.6 is 0 Å². The van der Waals surface area contributed by atoms with Gasteiger partial charge in [-0.05, 0) is 24.3 Å². The normalized spacial score (nSPS) is 9.65. The zero-order valence-corrected chi connectivity index (χ0v) is 9.05. The number of rotatable bonds is 2. The average molecular weight is 228 g/mol. The Morgan fingerprint density at radius 3 is 2.47 bits per heavy atom. The number of nitrogen functional groups attached to an aromatic ring is 1. The first-order chi connectivity index (χ1) is 8.25. The Hall–Kier alpha value is -2.56. The molecule has 0 unspecified atom stereocenters. The molecule has 86 valence electrons. The smallest absolute Gasteiger partial charge is 0.323 e. The highest BCUT2D eigenvalue weighted by atomic mass is 16.2. The fourth-order valence-corrected chi connectivity index (χ4v) is 1.33. The van der Waals surface area contributed by atoms with E-state index in [4.69, 9.17) is 5.73 Å². The van der Waals surface area contributed by atoms with E-state index in [0.717, 1.165) is 0 Å². The summed E-state index contributed by atoms with van der Waals surface area (Å²) >= 11 is 0. The van der Waals surface area contributed by atoms with E-state index >= 15 is 0 Å². The predicted molar refractivity (Wildman–Crippen MR) is 67.7 cm³/mol. The molecule has 2 aromatic rings. The molecule has 1 heterocycles. The van der Waals surface area contributed by atoms with E-state index in [-0.39, 0.29) is 6.03 Å². The maximum atomic E-state index is 11.6. The maximum absolute atomic E-state index is 11.6. The molecule has 17 heavy (non-hydrogen) atoms. The number of carbonyl (C=O) groups is 1. The molecular weight excluding hydrogens is 216 g/mol. The lowest BCUT2D eigenvalue weighted by Crippen LogP contribution is -2.20. The van der Waals surface area contributed by atoms with Gasteiger partial charge in [-0.1, -0.05) is 12.1 Å². The number of carbonyl (C=O) groups excluding carboxylic acids is 1. The van der Waals surface area contributed by atoms with Crippen LogP contribution in [0.25, 0.3) is 0 Å². The molecule has 0 aliphatic carbocycles. The summed E-state index contributed by atoms with van der Waals surface area (Å²) < 4.78 is 0. The van der Waals surface area contributed by atoms with Crippen LogP contribution in [-0.4, -0.2) is 11.0 Å². The Bertz CT molecular complexity index is 513. The quantitative estimate of drug-likeness (QED) is 0.690. The monoisotopic (exact) mass is 228 g/mol. The van der Waals surface area contributed by atoms with Crippen molar-refractivity contribution in [3.63, 3.8) is 0 Å². The van der Waals surface area contributed by atoms with Gasteiger partial charge in [0.25, 0.3) is 0 Å². The minimum Gasteiger partial charge on any atom is -0.397 e. The van der Waals surface area contributed by atoms with Crippen molar-refractivity contribution < 1.29 is 4.79 Å². The highest BCUT2D eigenvalue weighted by Crippen LogP contribution is 2.16. The molecule has 5 nitrogen and oxygen atoms in total. The Balaban J connectivity index is 2.01. The Kier molecular flexibility index (Phi) is 3.20. The minimum absolute atomic E-state index is 0.339. The summed E-state index contributed by atoms with van der Waals surface area (Å²) in [6, 6.07) is 10.1. The lowest BCUT2D eigenvalue weighted by molar-refractivity contribution is 0.262. The first kappa shape index (κ1) is 10.9. The zero-order chi connectivity index (χ0) is 12.1. The number of pyridine rings is 1. The first-order valence-corrected chi connectivity index (χ1v) is 5.08. The highest BCUT2D eigenvalue weighted by molar-refractivity contribution is 6.01. The number of hydrogen-bond donors (Lipinski definition) is 3. The SMILES string of the molecule is Nc1ccccc1NC(=O)Nc1ccncc1. The second-order valence-corrected chi connectivity index (χ2v) is 3.40. The molecule has 4 N–H and O–H groups in total. The van der Waals surface area contributed by atoms with Gasteiger partial charge in [0, 0.05) is 18.1 Å². The van der Waals surface area contributed by atoms with Gasteiger partial charge in [-0.3, -0.25) is 4.98 Å². The summed E-state index contributed by atoms with van der Waals surface area (Å²) in [6.07, 6.45) is 3.21. The lowest BCUT2D eigenvalue weighted by Gasteiger charge is -2.09. The molecule has 2 amide bonds. The summed E-state index contributed by atoms with van der Waals surface area (Å²) in [5, 5.41) is 5.34. The van der Waals surface area contributed by atoms with Gasteiger partial charge in [-0.2, -0.15) is 0 Å². The molecule has 0 spiro atoms. The van der Waals surface area contributed by atoms with Gasteiger partial charge in [0.2, 0.25) is 0 Å². The fourth-order valence-electron chi connectivity index (χ4n) is 1.33. The summed E-state index contributed by atoms with van der Waals surface area (Å²) in [5.41, 5.74) is 7.49. The first-order valence-electron chi connectivity index (χ1n) is 5.08. The number of para-hydroxylation sites is 2. The van der Waals surface area contributed by atoms with E-state index in [1.54, 1.807) is 48.8 Å². The summed E-state index contributed by atoms with van der Waals surface area (Å²) in [4.78, 5) is 15.5. The van der Waals surface area contributed by atoms with Crippen LogP contribution < -0.4 is 16.4 Å². The number of urea groups is 1. The molecule has 0 saturated heterocycles. The van der Waals surface area contributed by atoms with Crippen LogP contribution in [0.15, 0.2) is 48.8 Å². The van der Waals surface area contributed by atoms with E-state index in [2.05, 4.69) is 15.6 Å². The van der Waals surface area contributed by atoms with Crippen LogP contribution in [0.1, 0.15) is 0 Å². The molecular formula is C12H12N4O. The van der Waals surface area contributed by atoms with Gasteiger partial charge >= 0.3 is 6.03 Å². The number of hydrogen-bond acceptors (Lipinski definition) is 3. The molecule has 0 radical (unpaired) electrons. The van der Waals surface area contributed by atoms with E-state index in [9.17, 15) is 4.79 Å². The number of amides is 2. The van der Waals surface area contributed by atoms with E-state index < -0.39 is 0 Å². The molecule has 0 saturated carbocycles. The van der Waals surface area contributed by atoms with E-state index in [1.807, 2.05) is 0 Å². The van der Waals surface area contributed by atoms with Gasteiger partial charge in [-0.15, -0.1) is 0 Å². The topological polar surface area (TPSA) is 80.0 Å². The number of nitrogens with one attached hydrogen (secondary N) is 2. The summed E-state index contributed by atoms with van der Waals surface area (Å²) in [5.74, 6) is 0. The predicted octanol–water partition coefficient (Wildman–Crippen LogP) is 2.31. The van der Waals surface area contributed by atoms with Crippen molar-refractivity contribution in [1.29, 1.82) is 0 Å². The number of nitrogens with two attached hydrogens (primary N) is 1. The van der Waals surface area contributed by atoms with E-state index in [0.29, 0.717) is 17.1 Å². The summed E-state index contributed by atoms with van der Waals surface area (Å²) in [6.45, 7) is 0. The van der Waals surface area contributed by atoms with Crippen molar-refractivity contribution in [3.05, 3.63) is 48.8 Å². The van der Waals surface area contributed by atoms with Crippen LogP contribution in [0.4, 0.5) is 21.9 Å². The standard InChI is InChI=1S/C12H12N4O/c13-10-3-1-2-4-11(10)16-12(17)15-9-5-7-14-8-6-9/h1-8H,13H2,(H2,14,15,16,17). The van der Waals surface area contributed by atoms with Gasteiger partial charge < -0.3 is 16.4 Å². The van der Waals surface area contributed by atoms with Crippen LogP contribution in [0.2, 0.25) is 0 Å². The van der Waals surface area contributed by atoms with Gasteiger partial charge in [0.05, 0.1) is 11.4 Å². The lowest BCUT2D eigenvalue weighted by atomic mass is 10.3. The van der Waals surface area contributed by atoms with Crippen molar-refractivity contribution in [2.24, 2.45) is 0 Å². The fraction of sp³-hybridized carbons (Fsp3) is 0. The molecule has 5 heteroatoms. The largest absolute Gasteiger partial charge is 0.397 e. The van der Waals surface area contributed by atoms with Crippen molar-refractivity contribution >= 4 is 23.1 Å². The molecule has 0 fully saturated rings. The number of nitrogens with zero attached hydrogens (tertiary/aromatic N) is 1. The van der Waals surface area contributed by atoms with Crippen molar-refractivity contribution in [3.8, 4) is 0 Å². The third kappa shape index (κ3) is 2.94.